The number of carbonyl (C=O) groups is 1. The highest BCUT2D eigenvalue weighted by atomic mass is 16.6. The summed E-state index contributed by atoms with van der Waals surface area (Å²) >= 11 is 0. The van der Waals surface area contributed by atoms with Crippen LogP contribution in [0.1, 0.15) is 59.3 Å². The van der Waals surface area contributed by atoms with Gasteiger partial charge >= 0.3 is 5.97 Å². The molecule has 2 heterocycles. The van der Waals surface area contributed by atoms with Gasteiger partial charge in [0.25, 0.3) is 0 Å². The van der Waals surface area contributed by atoms with Crippen molar-refractivity contribution in [3.63, 3.8) is 0 Å². The first-order valence-corrected chi connectivity index (χ1v) is 9.22. The summed E-state index contributed by atoms with van der Waals surface area (Å²) in [5.74, 6) is -0.405. The molecule has 0 unspecified atom stereocenters. The standard InChI is InChI=1S/C20H30O5/c1-13-14-6-11-20(4)15(25-20)7-10-18(2,22)8-5-9-19(3,23)16(12-14)24-17(13)21/h5,8,14-16,22-23H,1,6-7,9-12H2,2-4H3/b8-5+/t14-,15+,16-,18+,19+,20+/m1/s1. The fourth-order valence-corrected chi connectivity index (χ4v) is 4.02. The molecule has 0 aromatic heterocycles. The maximum Gasteiger partial charge on any atom is 0.334 e. The monoisotopic (exact) mass is 350 g/mol. The normalized spacial score (nSPS) is 49.6. The van der Waals surface area contributed by atoms with E-state index in [2.05, 4.69) is 13.5 Å². The fraction of sp³-hybridized carbons (Fsp3) is 0.750. The van der Waals surface area contributed by atoms with E-state index in [1.807, 2.05) is 0 Å². The smallest absolute Gasteiger partial charge is 0.334 e. The van der Waals surface area contributed by atoms with Gasteiger partial charge in [-0.15, -0.1) is 0 Å². The minimum Gasteiger partial charge on any atom is -0.456 e. The molecule has 0 radical (unpaired) electrons. The predicted octanol–water partition coefficient (Wildman–Crippen LogP) is 2.65. The Kier molecular flexibility index (Phi) is 4.63. The number of esters is 1. The molecule has 140 valence electrons. The van der Waals surface area contributed by atoms with Gasteiger partial charge in [0.1, 0.15) is 11.7 Å². The van der Waals surface area contributed by atoms with Crippen LogP contribution in [-0.2, 0) is 14.3 Å². The van der Waals surface area contributed by atoms with Gasteiger partial charge in [-0.25, -0.2) is 4.79 Å². The van der Waals surface area contributed by atoms with Gasteiger partial charge in [0.15, 0.2) is 0 Å². The van der Waals surface area contributed by atoms with Crippen LogP contribution in [0, 0.1) is 5.92 Å². The predicted molar refractivity (Wildman–Crippen MR) is 93.9 cm³/mol. The first-order chi connectivity index (χ1) is 11.5. The summed E-state index contributed by atoms with van der Waals surface area (Å²) in [5.41, 5.74) is -1.80. The number of carbonyl (C=O) groups excluding carboxylic acids is 1. The lowest BCUT2D eigenvalue weighted by molar-refractivity contribution is -0.167. The van der Waals surface area contributed by atoms with Crippen molar-refractivity contribution < 1.29 is 24.5 Å². The largest absolute Gasteiger partial charge is 0.456 e. The molecule has 2 saturated heterocycles. The lowest BCUT2D eigenvalue weighted by Gasteiger charge is -2.38. The molecule has 2 N–H and O–H groups in total. The lowest BCUT2D eigenvalue weighted by Crippen LogP contribution is -2.47. The third-order valence-corrected chi connectivity index (χ3v) is 6.14. The van der Waals surface area contributed by atoms with Crippen molar-refractivity contribution in [3.05, 3.63) is 24.3 Å². The van der Waals surface area contributed by atoms with Crippen LogP contribution in [0.3, 0.4) is 0 Å². The van der Waals surface area contributed by atoms with E-state index >= 15 is 0 Å². The Bertz CT molecular complexity index is 591. The zero-order valence-corrected chi connectivity index (χ0v) is 15.5. The highest BCUT2D eigenvalue weighted by molar-refractivity contribution is 5.89. The lowest BCUT2D eigenvalue weighted by atomic mass is 9.79. The maximum atomic E-state index is 12.2. The third kappa shape index (κ3) is 3.99. The van der Waals surface area contributed by atoms with Gasteiger partial charge in [-0.05, 0) is 65.2 Å². The molecule has 2 bridgehead atoms. The number of rotatable bonds is 0. The molecular weight excluding hydrogens is 320 g/mol. The van der Waals surface area contributed by atoms with Crippen LogP contribution in [0.2, 0.25) is 0 Å². The summed E-state index contributed by atoms with van der Waals surface area (Å²) in [6.07, 6.45) is 7.01. The van der Waals surface area contributed by atoms with Crippen LogP contribution < -0.4 is 0 Å². The molecule has 25 heavy (non-hydrogen) atoms. The molecular formula is C20H30O5. The average molecular weight is 350 g/mol. The van der Waals surface area contributed by atoms with Crippen LogP contribution in [-0.4, -0.2) is 45.2 Å². The molecule has 3 rings (SSSR count). The van der Waals surface area contributed by atoms with Crippen LogP contribution in [0.5, 0.6) is 0 Å². The van der Waals surface area contributed by atoms with Crippen molar-refractivity contribution in [2.75, 3.05) is 0 Å². The first kappa shape index (κ1) is 18.6. The van der Waals surface area contributed by atoms with E-state index in [0.717, 1.165) is 19.3 Å². The van der Waals surface area contributed by atoms with E-state index in [-0.39, 0.29) is 17.6 Å². The maximum absolute atomic E-state index is 12.2. The van der Waals surface area contributed by atoms with Crippen molar-refractivity contribution in [1.29, 1.82) is 0 Å². The van der Waals surface area contributed by atoms with Crippen molar-refractivity contribution in [3.8, 4) is 0 Å². The van der Waals surface area contributed by atoms with Gasteiger partial charge in [-0.1, -0.05) is 18.7 Å². The number of aliphatic hydroxyl groups is 2. The Labute approximate surface area is 149 Å². The van der Waals surface area contributed by atoms with Gasteiger partial charge in [0.2, 0.25) is 0 Å². The van der Waals surface area contributed by atoms with Crippen LogP contribution in [0.4, 0.5) is 0 Å². The topological polar surface area (TPSA) is 79.3 Å². The zero-order chi connectivity index (χ0) is 18.5. The third-order valence-electron chi connectivity index (χ3n) is 6.14. The van der Waals surface area contributed by atoms with Gasteiger partial charge in [0.05, 0.1) is 17.3 Å². The van der Waals surface area contributed by atoms with E-state index in [4.69, 9.17) is 9.47 Å². The summed E-state index contributed by atoms with van der Waals surface area (Å²) in [5, 5.41) is 21.3. The minimum absolute atomic E-state index is 0.00873. The second kappa shape index (κ2) is 6.22. The molecule has 0 aromatic rings. The number of fused-ring (bicyclic) bond motifs is 3. The quantitative estimate of drug-likeness (QED) is 0.304. The molecule has 2 fully saturated rings. The second-order valence-corrected chi connectivity index (χ2v) is 8.67. The molecule has 5 nitrogen and oxygen atoms in total. The van der Waals surface area contributed by atoms with Crippen molar-refractivity contribution in [2.45, 2.75) is 88.3 Å². The average Bonchev–Trinajstić information content (AvgIpc) is 3.16. The molecule has 0 aromatic carbocycles. The van der Waals surface area contributed by atoms with Gasteiger partial charge < -0.3 is 19.7 Å². The number of hydrogen-bond acceptors (Lipinski definition) is 5. The van der Waals surface area contributed by atoms with E-state index in [9.17, 15) is 15.0 Å². The van der Waals surface area contributed by atoms with Gasteiger partial charge in [-0.2, -0.15) is 0 Å². The van der Waals surface area contributed by atoms with E-state index in [1.54, 1.807) is 26.0 Å². The Balaban J connectivity index is 1.83. The van der Waals surface area contributed by atoms with Crippen LogP contribution >= 0.6 is 0 Å². The Hall–Kier alpha value is -1.17. The molecule has 2 aliphatic heterocycles. The first-order valence-electron chi connectivity index (χ1n) is 9.22. The SMILES string of the molecule is C=C1C(=O)O[C@@H]2C[C@H]1CC[C@]1(C)O[C@H]1CC[C@@](C)(O)/C=C/C[C@]2(C)O. The van der Waals surface area contributed by atoms with E-state index < -0.39 is 23.3 Å². The molecule has 1 aliphatic carbocycles. The summed E-state index contributed by atoms with van der Waals surface area (Å²) in [6, 6.07) is 0. The highest BCUT2D eigenvalue weighted by Gasteiger charge is 2.52. The van der Waals surface area contributed by atoms with Crippen LogP contribution in [0.25, 0.3) is 0 Å². The summed E-state index contributed by atoms with van der Waals surface area (Å²) in [7, 11) is 0. The summed E-state index contributed by atoms with van der Waals surface area (Å²) < 4.78 is 11.3. The molecule has 0 spiro atoms. The Morgan fingerprint density at radius 2 is 1.88 bits per heavy atom. The van der Waals surface area contributed by atoms with Gasteiger partial charge in [0, 0.05) is 5.57 Å². The van der Waals surface area contributed by atoms with E-state index in [0.29, 0.717) is 24.8 Å². The summed E-state index contributed by atoms with van der Waals surface area (Å²) in [4.78, 5) is 12.2. The van der Waals surface area contributed by atoms with E-state index in [1.165, 1.54) is 0 Å². The fourth-order valence-electron chi connectivity index (χ4n) is 4.02. The molecule has 0 saturated carbocycles. The van der Waals surface area contributed by atoms with Crippen molar-refractivity contribution in [2.24, 2.45) is 5.92 Å². The Morgan fingerprint density at radius 3 is 2.60 bits per heavy atom. The minimum atomic E-state index is -1.17. The van der Waals surface area contributed by atoms with Crippen molar-refractivity contribution in [1.82, 2.24) is 0 Å². The highest BCUT2D eigenvalue weighted by Crippen LogP contribution is 2.46. The van der Waals surface area contributed by atoms with Gasteiger partial charge in [-0.3, -0.25) is 0 Å². The van der Waals surface area contributed by atoms with Crippen molar-refractivity contribution >= 4 is 5.97 Å². The molecule has 5 heteroatoms. The number of hydrogen-bond donors (Lipinski definition) is 2. The second-order valence-electron chi connectivity index (χ2n) is 8.67. The van der Waals surface area contributed by atoms with Crippen LogP contribution in [0.15, 0.2) is 24.3 Å². The summed E-state index contributed by atoms with van der Waals surface area (Å²) in [6.45, 7) is 9.44. The Morgan fingerprint density at radius 1 is 1.16 bits per heavy atom. The molecule has 3 aliphatic rings. The number of epoxide rings is 1. The zero-order valence-electron chi connectivity index (χ0n) is 15.5. The number of ether oxygens (including phenoxy) is 2. The molecule has 6 atom stereocenters. The molecule has 0 amide bonds.